The zero-order valence-electron chi connectivity index (χ0n) is 12.8. The SMILES string of the molecule is CS(=O)(=O)N1CCC(F)(F)[C@]2(CCN(c3cccc(F)c3)C2)C1. The quantitative estimate of drug-likeness (QED) is 0.824. The number of anilines is 1. The largest absolute Gasteiger partial charge is 0.371 e. The van der Waals surface area contributed by atoms with Crippen LogP contribution in [0.5, 0.6) is 0 Å². The molecule has 0 bridgehead atoms. The number of alkyl halides is 2. The number of nitrogens with zero attached hydrogens (tertiary/aromatic N) is 2. The molecular formula is C15H19F3N2O2S. The van der Waals surface area contributed by atoms with Crippen LogP contribution in [0.15, 0.2) is 24.3 Å². The molecule has 2 saturated heterocycles. The zero-order valence-corrected chi connectivity index (χ0v) is 13.6. The highest BCUT2D eigenvalue weighted by Crippen LogP contribution is 2.50. The van der Waals surface area contributed by atoms with Crippen LogP contribution in [0, 0.1) is 11.2 Å². The Balaban J connectivity index is 1.88. The van der Waals surface area contributed by atoms with Crippen molar-refractivity contribution >= 4 is 15.7 Å². The van der Waals surface area contributed by atoms with E-state index in [0.29, 0.717) is 12.2 Å². The lowest BCUT2D eigenvalue weighted by Gasteiger charge is -2.45. The molecule has 128 valence electrons. The molecule has 1 aromatic rings. The standard InChI is InChI=1S/C15H19F3N2O2S/c1-23(21,22)20-8-6-15(17,18)14(11-20)5-7-19(10-14)13-4-2-3-12(16)9-13/h2-4,9H,5-8,10-11H2,1H3/t14-/m0/s1. The molecule has 0 N–H and O–H groups in total. The summed E-state index contributed by atoms with van der Waals surface area (Å²) in [6, 6.07) is 5.83. The van der Waals surface area contributed by atoms with Crippen LogP contribution in [0.4, 0.5) is 18.9 Å². The fourth-order valence-electron chi connectivity index (χ4n) is 3.54. The van der Waals surface area contributed by atoms with Crippen molar-refractivity contribution in [3.63, 3.8) is 0 Å². The van der Waals surface area contributed by atoms with E-state index in [2.05, 4.69) is 0 Å². The Labute approximate surface area is 133 Å². The topological polar surface area (TPSA) is 40.6 Å². The summed E-state index contributed by atoms with van der Waals surface area (Å²) in [5, 5.41) is 0. The van der Waals surface area contributed by atoms with E-state index >= 15 is 0 Å². The van der Waals surface area contributed by atoms with Gasteiger partial charge >= 0.3 is 0 Å². The minimum absolute atomic E-state index is 0.0233. The van der Waals surface area contributed by atoms with Crippen LogP contribution >= 0.6 is 0 Å². The number of hydrogen-bond acceptors (Lipinski definition) is 3. The third kappa shape index (κ3) is 2.94. The predicted octanol–water partition coefficient (Wildman–Crippen LogP) is 2.32. The summed E-state index contributed by atoms with van der Waals surface area (Å²) < 4.78 is 67.1. The smallest absolute Gasteiger partial charge is 0.257 e. The van der Waals surface area contributed by atoms with Crippen LogP contribution in [-0.4, -0.2) is 51.1 Å². The van der Waals surface area contributed by atoms with Crippen LogP contribution in [0.3, 0.4) is 0 Å². The average molecular weight is 348 g/mol. The molecule has 1 aromatic carbocycles. The first-order valence-corrected chi connectivity index (χ1v) is 9.31. The first-order valence-electron chi connectivity index (χ1n) is 7.47. The molecule has 0 amide bonds. The van der Waals surface area contributed by atoms with Crippen molar-refractivity contribution in [1.82, 2.24) is 4.31 Å². The van der Waals surface area contributed by atoms with E-state index in [0.717, 1.165) is 10.6 Å². The van der Waals surface area contributed by atoms with Gasteiger partial charge in [-0.05, 0) is 24.6 Å². The van der Waals surface area contributed by atoms with Gasteiger partial charge in [0.15, 0.2) is 0 Å². The van der Waals surface area contributed by atoms with Crippen LogP contribution in [0.2, 0.25) is 0 Å². The fraction of sp³-hybridized carbons (Fsp3) is 0.600. The van der Waals surface area contributed by atoms with Crippen LogP contribution < -0.4 is 4.90 Å². The molecule has 1 atom stereocenters. The van der Waals surface area contributed by atoms with E-state index in [1.54, 1.807) is 11.0 Å². The summed E-state index contributed by atoms with van der Waals surface area (Å²) in [6.07, 6.45) is 0.753. The number of hydrogen-bond donors (Lipinski definition) is 0. The Bertz CT molecular complexity index is 710. The van der Waals surface area contributed by atoms with Gasteiger partial charge in [-0.1, -0.05) is 6.07 Å². The van der Waals surface area contributed by atoms with Gasteiger partial charge in [0.05, 0.1) is 11.7 Å². The summed E-state index contributed by atoms with van der Waals surface area (Å²) >= 11 is 0. The van der Waals surface area contributed by atoms with Crippen molar-refractivity contribution < 1.29 is 21.6 Å². The lowest BCUT2D eigenvalue weighted by atomic mass is 9.76. The second kappa shape index (κ2) is 5.37. The second-order valence-corrected chi connectivity index (χ2v) is 8.47. The van der Waals surface area contributed by atoms with Gasteiger partial charge in [-0.2, -0.15) is 0 Å². The number of halogens is 3. The molecule has 4 nitrogen and oxygen atoms in total. The molecule has 0 unspecified atom stereocenters. The van der Waals surface area contributed by atoms with Gasteiger partial charge in [0, 0.05) is 38.3 Å². The van der Waals surface area contributed by atoms with Crippen LogP contribution in [0.25, 0.3) is 0 Å². The molecule has 2 aliphatic rings. The Morgan fingerprint density at radius 3 is 2.52 bits per heavy atom. The summed E-state index contributed by atoms with van der Waals surface area (Å²) in [6.45, 7) is 0.0321. The minimum Gasteiger partial charge on any atom is -0.371 e. The molecule has 0 aliphatic carbocycles. The van der Waals surface area contributed by atoms with Crippen LogP contribution in [-0.2, 0) is 10.0 Å². The van der Waals surface area contributed by atoms with E-state index in [1.807, 2.05) is 0 Å². The van der Waals surface area contributed by atoms with Crippen molar-refractivity contribution in [2.75, 3.05) is 37.3 Å². The van der Waals surface area contributed by atoms with E-state index in [9.17, 15) is 21.6 Å². The van der Waals surface area contributed by atoms with Crippen molar-refractivity contribution in [3.8, 4) is 0 Å². The van der Waals surface area contributed by atoms with Crippen molar-refractivity contribution in [2.24, 2.45) is 5.41 Å². The molecule has 8 heteroatoms. The number of piperidine rings is 1. The molecule has 2 heterocycles. The third-order valence-corrected chi connectivity index (χ3v) is 6.18. The van der Waals surface area contributed by atoms with Crippen molar-refractivity contribution in [2.45, 2.75) is 18.8 Å². The lowest BCUT2D eigenvalue weighted by molar-refractivity contribution is -0.145. The van der Waals surface area contributed by atoms with Crippen molar-refractivity contribution in [3.05, 3.63) is 30.1 Å². The summed E-state index contributed by atoms with van der Waals surface area (Å²) in [5.41, 5.74) is -0.866. The van der Waals surface area contributed by atoms with Gasteiger partial charge < -0.3 is 4.90 Å². The van der Waals surface area contributed by atoms with E-state index < -0.39 is 33.6 Å². The molecule has 2 fully saturated rings. The number of benzene rings is 1. The normalized spacial score (nSPS) is 28.4. The summed E-state index contributed by atoms with van der Waals surface area (Å²) in [4.78, 5) is 1.71. The number of rotatable bonds is 2. The molecule has 0 saturated carbocycles. The Hall–Kier alpha value is -1.28. The van der Waals surface area contributed by atoms with E-state index in [1.165, 1.54) is 18.2 Å². The first-order chi connectivity index (χ1) is 10.6. The Kier molecular flexibility index (Phi) is 3.87. The Morgan fingerprint density at radius 1 is 1.13 bits per heavy atom. The molecule has 0 radical (unpaired) electrons. The number of sulfonamides is 1. The van der Waals surface area contributed by atoms with Gasteiger partial charge in [-0.3, -0.25) is 0 Å². The maximum Gasteiger partial charge on any atom is 0.257 e. The molecule has 23 heavy (non-hydrogen) atoms. The monoisotopic (exact) mass is 348 g/mol. The maximum atomic E-state index is 14.6. The molecule has 3 rings (SSSR count). The van der Waals surface area contributed by atoms with E-state index in [-0.39, 0.29) is 26.1 Å². The maximum absolute atomic E-state index is 14.6. The van der Waals surface area contributed by atoms with Gasteiger partial charge in [-0.25, -0.2) is 25.9 Å². The molecular weight excluding hydrogens is 329 g/mol. The highest BCUT2D eigenvalue weighted by atomic mass is 32.2. The molecule has 0 aromatic heterocycles. The zero-order chi connectivity index (χ0) is 16.9. The highest BCUT2D eigenvalue weighted by molar-refractivity contribution is 7.88. The second-order valence-electron chi connectivity index (χ2n) is 6.48. The van der Waals surface area contributed by atoms with Crippen LogP contribution in [0.1, 0.15) is 12.8 Å². The first kappa shape index (κ1) is 16.6. The minimum atomic E-state index is -3.51. The van der Waals surface area contributed by atoms with Crippen molar-refractivity contribution in [1.29, 1.82) is 0 Å². The van der Waals surface area contributed by atoms with E-state index in [4.69, 9.17) is 0 Å². The van der Waals surface area contributed by atoms with Gasteiger partial charge in [-0.15, -0.1) is 0 Å². The lowest BCUT2D eigenvalue weighted by Crippen LogP contribution is -2.58. The summed E-state index contributed by atoms with van der Waals surface area (Å²) in [5.74, 6) is -3.35. The average Bonchev–Trinajstić information content (AvgIpc) is 2.87. The highest BCUT2D eigenvalue weighted by Gasteiger charge is 2.60. The molecule has 1 spiro atoms. The van der Waals surface area contributed by atoms with Gasteiger partial charge in [0.1, 0.15) is 5.82 Å². The Morgan fingerprint density at radius 2 is 1.87 bits per heavy atom. The summed E-state index contributed by atoms with van der Waals surface area (Å²) in [7, 11) is -3.51. The van der Waals surface area contributed by atoms with Gasteiger partial charge in [0.2, 0.25) is 10.0 Å². The third-order valence-electron chi connectivity index (χ3n) is 4.93. The van der Waals surface area contributed by atoms with Gasteiger partial charge in [0.25, 0.3) is 5.92 Å². The molecule has 2 aliphatic heterocycles. The predicted molar refractivity (Wildman–Crippen MR) is 81.6 cm³/mol. The fourth-order valence-corrected chi connectivity index (χ4v) is 4.44.